The first kappa shape index (κ1) is 11.6. The lowest BCUT2D eigenvalue weighted by Gasteiger charge is -2.23. The summed E-state index contributed by atoms with van der Waals surface area (Å²) < 4.78 is 5.70. The highest BCUT2D eigenvalue weighted by molar-refractivity contribution is 4.97. The molecule has 3 heteroatoms. The molecular formula is C13H22N2O. The van der Waals surface area contributed by atoms with Gasteiger partial charge in [0, 0.05) is 6.42 Å². The van der Waals surface area contributed by atoms with Gasteiger partial charge in [0.05, 0.1) is 12.7 Å². The second-order valence-corrected chi connectivity index (χ2v) is 5.25. The minimum Gasteiger partial charge on any atom is -0.444 e. The molecule has 90 valence electrons. The SMILES string of the molecule is CC(C)CNCc1ncc(CC2CCC2)o1. The van der Waals surface area contributed by atoms with Crippen molar-refractivity contribution in [1.82, 2.24) is 10.3 Å². The summed E-state index contributed by atoms with van der Waals surface area (Å²) >= 11 is 0. The molecule has 1 aliphatic rings. The van der Waals surface area contributed by atoms with E-state index in [0.29, 0.717) is 5.92 Å². The lowest BCUT2D eigenvalue weighted by Crippen LogP contribution is -2.19. The zero-order valence-electron chi connectivity index (χ0n) is 10.3. The molecule has 0 radical (unpaired) electrons. The molecule has 1 heterocycles. The summed E-state index contributed by atoms with van der Waals surface area (Å²) in [5.41, 5.74) is 0. The molecule has 2 rings (SSSR count). The number of rotatable bonds is 6. The van der Waals surface area contributed by atoms with Crippen molar-refractivity contribution in [2.45, 2.75) is 46.1 Å². The van der Waals surface area contributed by atoms with Gasteiger partial charge in [-0.2, -0.15) is 0 Å². The minimum absolute atomic E-state index is 0.671. The maximum Gasteiger partial charge on any atom is 0.208 e. The Bertz CT molecular complexity index is 315. The molecule has 1 aromatic rings. The Labute approximate surface area is 97.6 Å². The van der Waals surface area contributed by atoms with Gasteiger partial charge in [0.25, 0.3) is 0 Å². The van der Waals surface area contributed by atoms with Gasteiger partial charge in [-0.1, -0.05) is 33.1 Å². The summed E-state index contributed by atoms with van der Waals surface area (Å²) in [6.07, 6.45) is 7.09. The summed E-state index contributed by atoms with van der Waals surface area (Å²) in [5.74, 6) is 3.41. The van der Waals surface area contributed by atoms with Gasteiger partial charge in [0.15, 0.2) is 0 Å². The van der Waals surface area contributed by atoms with Crippen molar-refractivity contribution in [3.8, 4) is 0 Å². The monoisotopic (exact) mass is 222 g/mol. The highest BCUT2D eigenvalue weighted by Crippen LogP contribution is 2.29. The summed E-state index contributed by atoms with van der Waals surface area (Å²) in [6.45, 7) is 6.17. The highest BCUT2D eigenvalue weighted by atomic mass is 16.4. The van der Waals surface area contributed by atoms with Crippen molar-refractivity contribution >= 4 is 0 Å². The van der Waals surface area contributed by atoms with Crippen LogP contribution in [0.2, 0.25) is 0 Å². The van der Waals surface area contributed by atoms with Crippen molar-refractivity contribution in [2.24, 2.45) is 11.8 Å². The minimum atomic E-state index is 0.671. The van der Waals surface area contributed by atoms with Crippen LogP contribution in [0.15, 0.2) is 10.6 Å². The van der Waals surface area contributed by atoms with Crippen molar-refractivity contribution in [2.75, 3.05) is 6.54 Å². The number of oxazole rings is 1. The average Bonchev–Trinajstić information content (AvgIpc) is 2.59. The van der Waals surface area contributed by atoms with Crippen molar-refractivity contribution in [1.29, 1.82) is 0 Å². The second-order valence-electron chi connectivity index (χ2n) is 5.25. The van der Waals surface area contributed by atoms with Crippen LogP contribution in [0, 0.1) is 11.8 Å². The fourth-order valence-corrected chi connectivity index (χ4v) is 1.97. The largest absolute Gasteiger partial charge is 0.444 e. The van der Waals surface area contributed by atoms with Gasteiger partial charge >= 0.3 is 0 Å². The van der Waals surface area contributed by atoms with E-state index in [9.17, 15) is 0 Å². The van der Waals surface area contributed by atoms with Crippen LogP contribution in [-0.4, -0.2) is 11.5 Å². The first-order chi connectivity index (χ1) is 7.74. The van der Waals surface area contributed by atoms with Gasteiger partial charge in [0.1, 0.15) is 5.76 Å². The maximum atomic E-state index is 5.70. The zero-order chi connectivity index (χ0) is 11.4. The molecule has 3 nitrogen and oxygen atoms in total. The van der Waals surface area contributed by atoms with Crippen LogP contribution in [0.25, 0.3) is 0 Å². The number of hydrogen-bond acceptors (Lipinski definition) is 3. The molecule has 1 aliphatic carbocycles. The Balaban J connectivity index is 1.73. The van der Waals surface area contributed by atoms with Crippen LogP contribution < -0.4 is 5.32 Å². The average molecular weight is 222 g/mol. The predicted octanol–water partition coefficient (Wildman–Crippen LogP) is 2.76. The predicted molar refractivity (Wildman–Crippen MR) is 64.1 cm³/mol. The normalized spacial score (nSPS) is 16.7. The van der Waals surface area contributed by atoms with Crippen LogP contribution in [0.3, 0.4) is 0 Å². The second kappa shape index (κ2) is 5.48. The molecule has 1 saturated carbocycles. The molecule has 1 N–H and O–H groups in total. The molecule has 0 spiro atoms. The lowest BCUT2D eigenvalue weighted by atomic mass is 9.82. The topological polar surface area (TPSA) is 38.1 Å². The van der Waals surface area contributed by atoms with E-state index in [1.807, 2.05) is 6.20 Å². The molecular weight excluding hydrogens is 200 g/mol. The number of aromatic nitrogens is 1. The molecule has 0 aliphatic heterocycles. The van der Waals surface area contributed by atoms with E-state index >= 15 is 0 Å². The summed E-state index contributed by atoms with van der Waals surface area (Å²) in [5, 5.41) is 3.34. The fraction of sp³-hybridized carbons (Fsp3) is 0.769. The van der Waals surface area contributed by atoms with Gasteiger partial charge < -0.3 is 9.73 Å². The highest BCUT2D eigenvalue weighted by Gasteiger charge is 2.19. The van der Waals surface area contributed by atoms with Gasteiger partial charge in [-0.25, -0.2) is 4.98 Å². The zero-order valence-corrected chi connectivity index (χ0v) is 10.3. The standard InChI is InChI=1S/C13H22N2O/c1-10(2)7-14-9-13-15-8-12(16-13)6-11-4-3-5-11/h8,10-11,14H,3-7,9H2,1-2H3. The third-order valence-corrected chi connectivity index (χ3v) is 3.14. The molecule has 0 amide bonds. The fourth-order valence-electron chi connectivity index (χ4n) is 1.97. The molecule has 1 aromatic heterocycles. The maximum absolute atomic E-state index is 5.70. The van der Waals surface area contributed by atoms with Gasteiger partial charge in [0.2, 0.25) is 5.89 Å². The van der Waals surface area contributed by atoms with Crippen LogP contribution in [-0.2, 0) is 13.0 Å². The van der Waals surface area contributed by atoms with Crippen molar-refractivity contribution in [3.05, 3.63) is 17.8 Å². The van der Waals surface area contributed by atoms with E-state index in [1.165, 1.54) is 19.3 Å². The van der Waals surface area contributed by atoms with Crippen LogP contribution in [0.4, 0.5) is 0 Å². The van der Waals surface area contributed by atoms with E-state index in [0.717, 1.165) is 37.1 Å². The van der Waals surface area contributed by atoms with Crippen LogP contribution in [0.1, 0.15) is 44.8 Å². The number of nitrogens with zero attached hydrogens (tertiary/aromatic N) is 1. The van der Waals surface area contributed by atoms with Gasteiger partial charge in [-0.3, -0.25) is 0 Å². The molecule has 0 unspecified atom stereocenters. The van der Waals surface area contributed by atoms with E-state index in [4.69, 9.17) is 4.42 Å². The first-order valence-electron chi connectivity index (χ1n) is 6.38. The Morgan fingerprint density at radius 2 is 2.31 bits per heavy atom. The summed E-state index contributed by atoms with van der Waals surface area (Å²) in [4.78, 5) is 4.30. The summed E-state index contributed by atoms with van der Waals surface area (Å²) in [7, 11) is 0. The van der Waals surface area contributed by atoms with Gasteiger partial charge in [-0.15, -0.1) is 0 Å². The Morgan fingerprint density at radius 1 is 1.50 bits per heavy atom. The van der Waals surface area contributed by atoms with E-state index < -0.39 is 0 Å². The lowest BCUT2D eigenvalue weighted by molar-refractivity contribution is 0.290. The van der Waals surface area contributed by atoms with E-state index in [1.54, 1.807) is 0 Å². The van der Waals surface area contributed by atoms with E-state index in [-0.39, 0.29) is 0 Å². The number of nitrogens with one attached hydrogen (secondary N) is 1. The van der Waals surface area contributed by atoms with Crippen LogP contribution >= 0.6 is 0 Å². The summed E-state index contributed by atoms with van der Waals surface area (Å²) in [6, 6.07) is 0. The van der Waals surface area contributed by atoms with Crippen LogP contribution in [0.5, 0.6) is 0 Å². The van der Waals surface area contributed by atoms with Crippen molar-refractivity contribution < 1.29 is 4.42 Å². The number of hydrogen-bond donors (Lipinski definition) is 1. The smallest absolute Gasteiger partial charge is 0.208 e. The Hall–Kier alpha value is -0.830. The van der Waals surface area contributed by atoms with E-state index in [2.05, 4.69) is 24.1 Å². The molecule has 1 fully saturated rings. The molecule has 0 bridgehead atoms. The molecule has 0 saturated heterocycles. The Kier molecular flexibility index (Phi) is 3.99. The van der Waals surface area contributed by atoms with Gasteiger partial charge in [-0.05, 0) is 18.4 Å². The molecule has 16 heavy (non-hydrogen) atoms. The third kappa shape index (κ3) is 3.34. The third-order valence-electron chi connectivity index (χ3n) is 3.14. The molecule has 0 aromatic carbocycles. The first-order valence-corrected chi connectivity index (χ1v) is 6.38. The quantitative estimate of drug-likeness (QED) is 0.804. The van der Waals surface area contributed by atoms with Crippen molar-refractivity contribution in [3.63, 3.8) is 0 Å². The molecule has 0 atom stereocenters. The Morgan fingerprint density at radius 3 is 2.94 bits per heavy atom.